The molecule has 1 atom stereocenters. The molecular formula is C14H23NO. The van der Waals surface area contributed by atoms with Crippen molar-refractivity contribution in [3.05, 3.63) is 34.9 Å². The van der Waals surface area contributed by atoms with Crippen molar-refractivity contribution in [3.63, 3.8) is 0 Å². The molecular weight excluding hydrogens is 198 g/mol. The molecule has 2 nitrogen and oxygen atoms in total. The third-order valence-electron chi connectivity index (χ3n) is 3.04. The van der Waals surface area contributed by atoms with Crippen LogP contribution in [-0.2, 0) is 5.60 Å². The van der Waals surface area contributed by atoms with E-state index in [1.165, 1.54) is 11.1 Å². The summed E-state index contributed by atoms with van der Waals surface area (Å²) < 4.78 is 0. The van der Waals surface area contributed by atoms with Crippen molar-refractivity contribution in [2.45, 2.75) is 46.3 Å². The quantitative estimate of drug-likeness (QED) is 0.819. The fraction of sp³-hybridized carbons (Fsp3) is 0.571. The molecule has 1 aromatic rings. The Morgan fingerprint density at radius 3 is 2.50 bits per heavy atom. The molecule has 0 spiro atoms. The predicted molar refractivity (Wildman–Crippen MR) is 68.6 cm³/mol. The number of hydrogen-bond donors (Lipinski definition) is 2. The lowest BCUT2D eigenvalue weighted by Crippen LogP contribution is -2.39. The Labute approximate surface area is 98.7 Å². The minimum atomic E-state index is -0.805. The molecule has 0 bridgehead atoms. The first kappa shape index (κ1) is 13.2. The van der Waals surface area contributed by atoms with Crippen LogP contribution in [0, 0.1) is 13.8 Å². The van der Waals surface area contributed by atoms with Gasteiger partial charge < -0.3 is 10.4 Å². The summed E-state index contributed by atoms with van der Waals surface area (Å²) >= 11 is 0. The number of benzene rings is 1. The molecule has 90 valence electrons. The summed E-state index contributed by atoms with van der Waals surface area (Å²) in [4.78, 5) is 0. The van der Waals surface area contributed by atoms with Gasteiger partial charge in [-0.05, 0) is 37.5 Å². The van der Waals surface area contributed by atoms with Gasteiger partial charge in [0.15, 0.2) is 0 Å². The first-order valence-electron chi connectivity index (χ1n) is 5.87. The third-order valence-corrected chi connectivity index (χ3v) is 3.04. The van der Waals surface area contributed by atoms with Crippen LogP contribution in [-0.4, -0.2) is 17.7 Å². The monoisotopic (exact) mass is 221 g/mol. The Balaban J connectivity index is 2.93. The Morgan fingerprint density at radius 1 is 1.31 bits per heavy atom. The fourth-order valence-corrected chi connectivity index (χ4v) is 1.83. The summed E-state index contributed by atoms with van der Waals surface area (Å²) in [5.74, 6) is 0. The van der Waals surface area contributed by atoms with Crippen LogP contribution in [0.5, 0.6) is 0 Å². The number of aliphatic hydroxyl groups is 1. The van der Waals surface area contributed by atoms with Crippen molar-refractivity contribution in [3.8, 4) is 0 Å². The summed E-state index contributed by atoms with van der Waals surface area (Å²) in [5.41, 5.74) is 2.61. The molecule has 0 saturated heterocycles. The maximum atomic E-state index is 10.5. The van der Waals surface area contributed by atoms with Crippen molar-refractivity contribution in [1.82, 2.24) is 5.32 Å². The van der Waals surface area contributed by atoms with Crippen LogP contribution in [0.15, 0.2) is 18.2 Å². The van der Waals surface area contributed by atoms with Gasteiger partial charge >= 0.3 is 0 Å². The Hall–Kier alpha value is -0.860. The van der Waals surface area contributed by atoms with Crippen molar-refractivity contribution in [2.24, 2.45) is 0 Å². The summed E-state index contributed by atoms with van der Waals surface area (Å²) in [7, 11) is 0. The Kier molecular flexibility index (Phi) is 4.11. The summed E-state index contributed by atoms with van der Waals surface area (Å²) in [5, 5.41) is 13.8. The average molecular weight is 221 g/mol. The highest BCUT2D eigenvalue weighted by molar-refractivity contribution is 5.37. The molecule has 2 heteroatoms. The van der Waals surface area contributed by atoms with Gasteiger partial charge in [0.05, 0.1) is 5.60 Å². The van der Waals surface area contributed by atoms with Crippen molar-refractivity contribution in [1.29, 1.82) is 0 Å². The van der Waals surface area contributed by atoms with E-state index in [9.17, 15) is 5.11 Å². The molecule has 16 heavy (non-hydrogen) atoms. The van der Waals surface area contributed by atoms with Gasteiger partial charge in [0, 0.05) is 12.6 Å². The minimum Gasteiger partial charge on any atom is -0.384 e. The molecule has 0 amide bonds. The molecule has 1 aromatic carbocycles. The standard InChI is InChI=1S/C14H23NO/c1-10(2)15-9-14(5,16)13-8-6-7-11(3)12(13)4/h6-8,10,15-16H,9H2,1-5H3. The normalized spacial score (nSPS) is 15.2. The minimum absolute atomic E-state index is 0.386. The fourth-order valence-electron chi connectivity index (χ4n) is 1.83. The molecule has 0 radical (unpaired) electrons. The summed E-state index contributed by atoms with van der Waals surface area (Å²) in [6.45, 7) is 10.7. The highest BCUT2D eigenvalue weighted by atomic mass is 16.3. The second kappa shape index (κ2) is 4.98. The molecule has 1 unspecified atom stereocenters. The van der Waals surface area contributed by atoms with Gasteiger partial charge in [-0.2, -0.15) is 0 Å². The van der Waals surface area contributed by atoms with Crippen molar-refractivity contribution >= 4 is 0 Å². The molecule has 0 aliphatic heterocycles. The first-order valence-corrected chi connectivity index (χ1v) is 5.87. The topological polar surface area (TPSA) is 32.3 Å². The van der Waals surface area contributed by atoms with Gasteiger partial charge in [-0.1, -0.05) is 32.0 Å². The highest BCUT2D eigenvalue weighted by Crippen LogP contribution is 2.25. The number of rotatable bonds is 4. The number of nitrogens with one attached hydrogen (secondary N) is 1. The van der Waals surface area contributed by atoms with E-state index in [1.54, 1.807) is 0 Å². The van der Waals surface area contributed by atoms with Crippen LogP contribution in [0.3, 0.4) is 0 Å². The van der Waals surface area contributed by atoms with Crippen molar-refractivity contribution in [2.75, 3.05) is 6.54 Å². The van der Waals surface area contributed by atoms with E-state index < -0.39 is 5.60 Å². The molecule has 0 fully saturated rings. The molecule has 0 heterocycles. The molecule has 0 aliphatic carbocycles. The molecule has 0 aliphatic rings. The summed E-state index contributed by atoms with van der Waals surface area (Å²) in [6, 6.07) is 6.47. The van der Waals surface area contributed by atoms with E-state index in [-0.39, 0.29) is 0 Å². The van der Waals surface area contributed by atoms with Gasteiger partial charge in [-0.15, -0.1) is 0 Å². The highest BCUT2D eigenvalue weighted by Gasteiger charge is 2.25. The zero-order valence-corrected chi connectivity index (χ0v) is 11.0. The maximum absolute atomic E-state index is 10.5. The lowest BCUT2D eigenvalue weighted by atomic mass is 9.89. The van der Waals surface area contributed by atoms with E-state index in [4.69, 9.17) is 0 Å². The van der Waals surface area contributed by atoms with E-state index in [2.05, 4.69) is 39.1 Å². The van der Waals surface area contributed by atoms with Crippen LogP contribution >= 0.6 is 0 Å². The second-order valence-corrected chi connectivity index (χ2v) is 5.06. The van der Waals surface area contributed by atoms with E-state index in [0.29, 0.717) is 12.6 Å². The van der Waals surface area contributed by atoms with Gasteiger partial charge in [0.2, 0.25) is 0 Å². The number of hydrogen-bond acceptors (Lipinski definition) is 2. The predicted octanol–water partition coefficient (Wildman–Crippen LogP) is 2.51. The second-order valence-electron chi connectivity index (χ2n) is 5.06. The molecule has 0 saturated carbocycles. The zero-order chi connectivity index (χ0) is 12.3. The van der Waals surface area contributed by atoms with Crippen LogP contribution < -0.4 is 5.32 Å². The van der Waals surface area contributed by atoms with E-state index in [0.717, 1.165) is 5.56 Å². The third kappa shape index (κ3) is 3.06. The van der Waals surface area contributed by atoms with Gasteiger partial charge in [0.25, 0.3) is 0 Å². The Bertz CT molecular complexity index is 356. The molecule has 1 rings (SSSR count). The Morgan fingerprint density at radius 2 is 1.94 bits per heavy atom. The van der Waals surface area contributed by atoms with Gasteiger partial charge in [-0.3, -0.25) is 0 Å². The number of aryl methyl sites for hydroxylation is 1. The van der Waals surface area contributed by atoms with Crippen molar-refractivity contribution < 1.29 is 5.11 Å². The summed E-state index contributed by atoms with van der Waals surface area (Å²) in [6.07, 6.45) is 0. The first-order chi connectivity index (χ1) is 7.34. The van der Waals surface area contributed by atoms with Gasteiger partial charge in [-0.25, -0.2) is 0 Å². The van der Waals surface area contributed by atoms with Crippen LogP contribution in [0.1, 0.15) is 37.5 Å². The average Bonchev–Trinajstić information content (AvgIpc) is 2.19. The van der Waals surface area contributed by atoms with Crippen LogP contribution in [0.25, 0.3) is 0 Å². The SMILES string of the molecule is Cc1cccc(C(C)(O)CNC(C)C)c1C. The molecule has 0 aromatic heterocycles. The largest absolute Gasteiger partial charge is 0.384 e. The lowest BCUT2D eigenvalue weighted by molar-refractivity contribution is 0.0542. The zero-order valence-electron chi connectivity index (χ0n) is 11.0. The molecule has 2 N–H and O–H groups in total. The van der Waals surface area contributed by atoms with Crippen LogP contribution in [0.4, 0.5) is 0 Å². The van der Waals surface area contributed by atoms with Gasteiger partial charge in [0.1, 0.15) is 0 Å². The van der Waals surface area contributed by atoms with Crippen LogP contribution in [0.2, 0.25) is 0 Å². The smallest absolute Gasteiger partial charge is 0.0995 e. The van der Waals surface area contributed by atoms with E-state index >= 15 is 0 Å². The maximum Gasteiger partial charge on any atom is 0.0995 e. The van der Waals surface area contributed by atoms with E-state index in [1.807, 2.05) is 19.1 Å². The lowest BCUT2D eigenvalue weighted by Gasteiger charge is -2.28.